The molecule has 0 aromatic heterocycles. The first-order valence-electron chi connectivity index (χ1n) is 6.57. The van der Waals surface area contributed by atoms with Gasteiger partial charge in [-0.05, 0) is 36.8 Å². The number of hydrogen-bond acceptors (Lipinski definition) is 2. The molecule has 0 fully saturated rings. The lowest BCUT2D eigenvalue weighted by Crippen LogP contribution is -2.30. The van der Waals surface area contributed by atoms with Crippen molar-refractivity contribution in [3.05, 3.63) is 35.9 Å². The van der Waals surface area contributed by atoms with E-state index >= 15 is 0 Å². The Kier molecular flexibility index (Phi) is 6.44. The monoisotopic (exact) mass is 249 g/mol. The molecule has 3 nitrogen and oxygen atoms in total. The van der Waals surface area contributed by atoms with Crippen molar-refractivity contribution in [2.24, 2.45) is 11.8 Å². The first-order chi connectivity index (χ1) is 8.63. The van der Waals surface area contributed by atoms with E-state index in [-0.39, 0.29) is 12.5 Å². The Hall–Kier alpha value is -1.35. The van der Waals surface area contributed by atoms with Crippen molar-refractivity contribution in [3.63, 3.8) is 0 Å². The highest BCUT2D eigenvalue weighted by atomic mass is 16.3. The molecule has 2 N–H and O–H groups in total. The molecule has 1 rings (SSSR count). The molecule has 3 heteroatoms. The van der Waals surface area contributed by atoms with Gasteiger partial charge >= 0.3 is 0 Å². The number of amides is 1. The van der Waals surface area contributed by atoms with Gasteiger partial charge in [-0.1, -0.05) is 32.0 Å². The maximum absolute atomic E-state index is 11.9. The fourth-order valence-electron chi connectivity index (χ4n) is 2.08. The number of aliphatic hydroxyl groups is 1. The Morgan fingerprint density at radius 3 is 2.50 bits per heavy atom. The van der Waals surface area contributed by atoms with Crippen LogP contribution in [0.2, 0.25) is 0 Å². The van der Waals surface area contributed by atoms with Crippen molar-refractivity contribution < 1.29 is 9.90 Å². The first kappa shape index (κ1) is 14.7. The Labute approximate surface area is 109 Å². The Balaban J connectivity index is 2.44. The zero-order valence-corrected chi connectivity index (χ0v) is 11.2. The van der Waals surface area contributed by atoms with Crippen molar-refractivity contribution in [1.82, 2.24) is 5.32 Å². The van der Waals surface area contributed by atoms with Crippen LogP contribution >= 0.6 is 0 Å². The van der Waals surface area contributed by atoms with Gasteiger partial charge in [0.1, 0.15) is 0 Å². The van der Waals surface area contributed by atoms with Crippen LogP contribution in [0.3, 0.4) is 0 Å². The molecule has 0 aliphatic carbocycles. The average molecular weight is 249 g/mol. The minimum atomic E-state index is -0.0395. The molecule has 1 aromatic rings. The number of hydrogen-bond donors (Lipinski definition) is 2. The van der Waals surface area contributed by atoms with Crippen LogP contribution < -0.4 is 5.32 Å². The van der Waals surface area contributed by atoms with Gasteiger partial charge in [0.25, 0.3) is 5.91 Å². The zero-order valence-electron chi connectivity index (χ0n) is 11.2. The van der Waals surface area contributed by atoms with Crippen LogP contribution in [0, 0.1) is 11.8 Å². The topological polar surface area (TPSA) is 49.3 Å². The fraction of sp³-hybridized carbons (Fsp3) is 0.533. The lowest BCUT2D eigenvalue weighted by Gasteiger charge is -2.18. The highest BCUT2D eigenvalue weighted by Gasteiger charge is 2.12. The second-order valence-corrected chi connectivity index (χ2v) is 5.08. The molecule has 0 radical (unpaired) electrons. The van der Waals surface area contributed by atoms with Crippen LogP contribution in [-0.2, 0) is 0 Å². The molecule has 1 atom stereocenters. The largest absolute Gasteiger partial charge is 0.396 e. The Bertz CT molecular complexity index is 349. The van der Waals surface area contributed by atoms with E-state index in [9.17, 15) is 4.79 Å². The summed E-state index contributed by atoms with van der Waals surface area (Å²) < 4.78 is 0. The molecule has 1 amide bonds. The van der Waals surface area contributed by atoms with Gasteiger partial charge in [-0.2, -0.15) is 0 Å². The molecule has 0 aliphatic rings. The molecule has 0 heterocycles. The van der Waals surface area contributed by atoms with E-state index in [1.54, 1.807) is 12.1 Å². The van der Waals surface area contributed by atoms with Crippen LogP contribution in [0.15, 0.2) is 30.3 Å². The molecule has 0 saturated carbocycles. The lowest BCUT2D eigenvalue weighted by molar-refractivity contribution is 0.0941. The number of nitrogens with one attached hydrogen (secondary N) is 1. The number of benzene rings is 1. The quantitative estimate of drug-likeness (QED) is 0.780. The third-order valence-corrected chi connectivity index (χ3v) is 2.93. The normalized spacial score (nSPS) is 12.4. The van der Waals surface area contributed by atoms with Crippen LogP contribution in [0.4, 0.5) is 0 Å². The number of aliphatic hydroxyl groups excluding tert-OH is 1. The summed E-state index contributed by atoms with van der Waals surface area (Å²) in [6.45, 7) is 5.12. The van der Waals surface area contributed by atoms with Gasteiger partial charge in [0.2, 0.25) is 0 Å². The third kappa shape index (κ3) is 5.32. The molecular weight excluding hydrogens is 226 g/mol. The molecule has 0 bridgehead atoms. The molecule has 0 aliphatic heterocycles. The summed E-state index contributed by atoms with van der Waals surface area (Å²) in [5.74, 6) is 0.889. The molecule has 0 spiro atoms. The molecule has 1 aromatic carbocycles. The van der Waals surface area contributed by atoms with Crippen molar-refractivity contribution in [3.8, 4) is 0 Å². The Morgan fingerprint density at radius 1 is 1.28 bits per heavy atom. The smallest absolute Gasteiger partial charge is 0.251 e. The predicted molar refractivity (Wildman–Crippen MR) is 73.4 cm³/mol. The van der Waals surface area contributed by atoms with E-state index in [2.05, 4.69) is 19.2 Å². The summed E-state index contributed by atoms with van der Waals surface area (Å²) in [5.41, 5.74) is 0.685. The minimum absolute atomic E-state index is 0.0395. The van der Waals surface area contributed by atoms with Gasteiger partial charge < -0.3 is 10.4 Å². The van der Waals surface area contributed by atoms with Crippen molar-refractivity contribution >= 4 is 5.91 Å². The fourth-order valence-corrected chi connectivity index (χ4v) is 2.08. The van der Waals surface area contributed by atoms with Crippen LogP contribution in [0.25, 0.3) is 0 Å². The molecule has 0 saturated heterocycles. The van der Waals surface area contributed by atoms with E-state index in [0.29, 0.717) is 23.9 Å². The maximum atomic E-state index is 11.9. The van der Waals surface area contributed by atoms with E-state index in [4.69, 9.17) is 5.11 Å². The standard InChI is InChI=1S/C15H23NO2/c1-12(2)10-13(8-9-17)11-16-15(18)14-6-4-3-5-7-14/h3-7,12-13,17H,8-11H2,1-2H3,(H,16,18). The first-order valence-corrected chi connectivity index (χ1v) is 6.57. The third-order valence-electron chi connectivity index (χ3n) is 2.93. The zero-order chi connectivity index (χ0) is 13.4. The maximum Gasteiger partial charge on any atom is 0.251 e. The summed E-state index contributed by atoms with van der Waals surface area (Å²) in [7, 11) is 0. The van der Waals surface area contributed by atoms with E-state index in [0.717, 1.165) is 12.8 Å². The van der Waals surface area contributed by atoms with Crippen molar-refractivity contribution in [2.45, 2.75) is 26.7 Å². The van der Waals surface area contributed by atoms with Crippen LogP contribution in [0.1, 0.15) is 37.0 Å². The van der Waals surface area contributed by atoms with E-state index in [1.165, 1.54) is 0 Å². The number of carbonyl (C=O) groups is 1. The average Bonchev–Trinajstić information content (AvgIpc) is 2.36. The predicted octanol–water partition coefficient (Wildman–Crippen LogP) is 2.46. The number of rotatable bonds is 7. The summed E-state index contributed by atoms with van der Waals surface area (Å²) in [4.78, 5) is 11.9. The molecular formula is C15H23NO2. The summed E-state index contributed by atoms with van der Waals surface area (Å²) in [5, 5.41) is 12.0. The lowest BCUT2D eigenvalue weighted by atomic mass is 9.94. The summed E-state index contributed by atoms with van der Waals surface area (Å²) in [6.07, 6.45) is 1.77. The molecule has 18 heavy (non-hydrogen) atoms. The summed E-state index contributed by atoms with van der Waals surface area (Å²) >= 11 is 0. The van der Waals surface area contributed by atoms with Crippen LogP contribution in [0.5, 0.6) is 0 Å². The molecule has 1 unspecified atom stereocenters. The van der Waals surface area contributed by atoms with Gasteiger partial charge in [0.15, 0.2) is 0 Å². The van der Waals surface area contributed by atoms with Crippen molar-refractivity contribution in [1.29, 1.82) is 0 Å². The van der Waals surface area contributed by atoms with E-state index < -0.39 is 0 Å². The second kappa shape index (κ2) is 7.88. The second-order valence-electron chi connectivity index (χ2n) is 5.08. The van der Waals surface area contributed by atoms with Gasteiger partial charge in [-0.25, -0.2) is 0 Å². The van der Waals surface area contributed by atoms with Gasteiger partial charge in [0.05, 0.1) is 0 Å². The highest BCUT2D eigenvalue weighted by molar-refractivity contribution is 5.94. The van der Waals surface area contributed by atoms with Gasteiger partial charge in [-0.3, -0.25) is 4.79 Å². The van der Waals surface area contributed by atoms with Crippen LogP contribution in [-0.4, -0.2) is 24.2 Å². The minimum Gasteiger partial charge on any atom is -0.396 e. The number of carbonyl (C=O) groups excluding carboxylic acids is 1. The van der Waals surface area contributed by atoms with Crippen molar-refractivity contribution in [2.75, 3.05) is 13.2 Å². The SMILES string of the molecule is CC(C)CC(CCO)CNC(=O)c1ccccc1. The van der Waals surface area contributed by atoms with E-state index in [1.807, 2.05) is 18.2 Å². The highest BCUT2D eigenvalue weighted by Crippen LogP contribution is 2.14. The van der Waals surface area contributed by atoms with Gasteiger partial charge in [0, 0.05) is 18.7 Å². The van der Waals surface area contributed by atoms with Gasteiger partial charge in [-0.15, -0.1) is 0 Å². The Morgan fingerprint density at radius 2 is 1.94 bits per heavy atom. The molecule has 100 valence electrons. The summed E-state index contributed by atoms with van der Waals surface area (Å²) in [6, 6.07) is 9.21.